The van der Waals surface area contributed by atoms with E-state index in [-0.39, 0.29) is 0 Å². The molecule has 0 saturated heterocycles. The summed E-state index contributed by atoms with van der Waals surface area (Å²) in [5.74, 6) is 1.64. The van der Waals surface area contributed by atoms with E-state index in [4.69, 9.17) is 9.97 Å². The van der Waals surface area contributed by atoms with Gasteiger partial charge in [-0.2, -0.15) is 0 Å². The third-order valence-electron chi connectivity index (χ3n) is 6.48. The van der Waals surface area contributed by atoms with Gasteiger partial charge in [-0.25, -0.2) is 14.5 Å². The Morgan fingerprint density at radius 3 is 1.94 bits per heavy atom. The summed E-state index contributed by atoms with van der Waals surface area (Å²) in [5, 5.41) is 0. The number of rotatable bonds is 2. The predicted octanol–water partition coefficient (Wildman–Crippen LogP) is 7.12. The molecule has 6 heteroatoms. The van der Waals surface area contributed by atoms with Crippen LogP contribution >= 0.6 is 15.9 Å². The van der Waals surface area contributed by atoms with Crippen molar-refractivity contribution in [3.8, 4) is 5.69 Å². The molecule has 3 aromatic heterocycles. The Hall–Kier alpha value is -3.90. The first-order valence-electron chi connectivity index (χ1n) is 11.4. The van der Waals surface area contributed by atoms with Gasteiger partial charge in [0.05, 0.1) is 38.8 Å². The number of aromatic nitrogens is 5. The van der Waals surface area contributed by atoms with E-state index >= 15 is 0 Å². The molecule has 3 heterocycles. The fraction of sp³-hybridized carbons (Fsp3) is 0.0714. The molecule has 0 amide bonds. The van der Waals surface area contributed by atoms with Crippen molar-refractivity contribution in [3.63, 3.8) is 0 Å². The number of benzene rings is 4. The Labute approximate surface area is 203 Å². The average Bonchev–Trinajstić information content (AvgIpc) is 3.40. The van der Waals surface area contributed by atoms with Crippen LogP contribution in [0.25, 0.3) is 50.3 Å². The average molecular weight is 506 g/mol. The Balaban J connectivity index is 1.88. The fourth-order valence-electron chi connectivity index (χ4n) is 4.89. The number of fused-ring (bicyclic) bond motifs is 9. The van der Waals surface area contributed by atoms with Gasteiger partial charge in [0.15, 0.2) is 0 Å². The summed E-state index contributed by atoms with van der Waals surface area (Å²) in [7, 11) is 0. The Bertz CT molecular complexity index is 1920. The molecule has 0 aliphatic heterocycles. The minimum atomic E-state index is 0.818. The SMILES string of the molecule is CCc1ccc2c(c1)n1c3ccccc3nc1n(-c1cccc(Br)c1)c1nc3ccccc3n21. The normalized spacial score (nSPS) is 11.9. The van der Waals surface area contributed by atoms with Gasteiger partial charge >= 0.3 is 0 Å². The summed E-state index contributed by atoms with van der Waals surface area (Å²) >= 11 is 3.66. The highest BCUT2D eigenvalue weighted by atomic mass is 79.9. The van der Waals surface area contributed by atoms with Crippen molar-refractivity contribution in [1.29, 1.82) is 0 Å². The molecule has 7 aromatic rings. The summed E-state index contributed by atoms with van der Waals surface area (Å²) in [6.45, 7) is 2.19. The molecule has 7 rings (SSSR count). The summed E-state index contributed by atoms with van der Waals surface area (Å²) in [5.41, 5.74) is 8.51. The predicted molar refractivity (Wildman–Crippen MR) is 142 cm³/mol. The zero-order valence-electron chi connectivity index (χ0n) is 18.5. The highest BCUT2D eigenvalue weighted by Gasteiger charge is 2.18. The van der Waals surface area contributed by atoms with Crippen molar-refractivity contribution in [2.45, 2.75) is 13.3 Å². The smallest absolute Gasteiger partial charge is 0.223 e. The minimum Gasteiger partial charge on any atom is -0.276 e. The van der Waals surface area contributed by atoms with E-state index in [0.717, 1.165) is 61.2 Å². The summed E-state index contributed by atoms with van der Waals surface area (Å²) in [6.07, 6.45) is 0.960. The number of imidazole rings is 2. The lowest BCUT2D eigenvalue weighted by molar-refractivity contribution is 1.03. The Morgan fingerprint density at radius 2 is 1.29 bits per heavy atom. The lowest BCUT2D eigenvalue weighted by Crippen LogP contribution is -2.01. The number of hydrogen-bond acceptors (Lipinski definition) is 2. The monoisotopic (exact) mass is 505 g/mol. The molecular weight excluding hydrogens is 486 g/mol. The van der Waals surface area contributed by atoms with Crippen LogP contribution < -0.4 is 0 Å². The molecule has 0 saturated carbocycles. The molecular formula is C28H20BrN5. The molecule has 0 unspecified atom stereocenters. The van der Waals surface area contributed by atoms with E-state index in [9.17, 15) is 0 Å². The highest BCUT2D eigenvalue weighted by molar-refractivity contribution is 9.10. The maximum Gasteiger partial charge on any atom is 0.223 e. The fourth-order valence-corrected chi connectivity index (χ4v) is 5.28. The van der Waals surface area contributed by atoms with Crippen LogP contribution in [0.1, 0.15) is 12.5 Å². The second kappa shape index (κ2) is 7.30. The van der Waals surface area contributed by atoms with Crippen LogP contribution in [-0.2, 0) is 6.42 Å². The van der Waals surface area contributed by atoms with Gasteiger partial charge < -0.3 is 0 Å². The van der Waals surface area contributed by atoms with Crippen molar-refractivity contribution in [3.05, 3.63) is 101 Å². The number of para-hydroxylation sites is 4. The van der Waals surface area contributed by atoms with E-state index in [1.54, 1.807) is 0 Å². The molecule has 4 aromatic carbocycles. The first-order chi connectivity index (χ1) is 16.7. The Morgan fingerprint density at radius 1 is 0.647 bits per heavy atom. The topological polar surface area (TPSA) is 39.5 Å². The second-order valence-corrected chi connectivity index (χ2v) is 9.38. The van der Waals surface area contributed by atoms with Crippen LogP contribution in [0.4, 0.5) is 0 Å². The highest BCUT2D eigenvalue weighted by Crippen LogP contribution is 2.30. The second-order valence-electron chi connectivity index (χ2n) is 8.46. The summed E-state index contributed by atoms with van der Waals surface area (Å²) in [4.78, 5) is 10.3. The van der Waals surface area contributed by atoms with Crippen LogP contribution in [0, 0.1) is 0 Å². The largest absolute Gasteiger partial charge is 0.276 e. The zero-order valence-corrected chi connectivity index (χ0v) is 20.1. The van der Waals surface area contributed by atoms with Crippen LogP contribution in [0.3, 0.4) is 0 Å². The minimum absolute atomic E-state index is 0.818. The van der Waals surface area contributed by atoms with Gasteiger partial charge in [0, 0.05) is 4.47 Å². The van der Waals surface area contributed by atoms with Crippen LogP contribution in [0.15, 0.2) is 95.5 Å². The third-order valence-corrected chi connectivity index (χ3v) is 6.98. The van der Waals surface area contributed by atoms with E-state index in [1.165, 1.54) is 5.56 Å². The summed E-state index contributed by atoms with van der Waals surface area (Å²) in [6, 6.07) is 31.6. The number of hydrogen-bond donors (Lipinski definition) is 0. The van der Waals surface area contributed by atoms with Gasteiger partial charge in [-0.15, -0.1) is 0 Å². The molecule has 0 fully saturated rings. The van der Waals surface area contributed by atoms with Crippen molar-refractivity contribution in [2.24, 2.45) is 0 Å². The molecule has 0 spiro atoms. The molecule has 0 aliphatic rings. The van der Waals surface area contributed by atoms with Gasteiger partial charge in [-0.05, 0) is 66.6 Å². The van der Waals surface area contributed by atoms with Crippen LogP contribution in [-0.4, -0.2) is 23.3 Å². The molecule has 0 atom stereocenters. The quantitative estimate of drug-likeness (QED) is 0.251. The Kier molecular flexibility index (Phi) is 4.20. The van der Waals surface area contributed by atoms with Gasteiger partial charge in [0.25, 0.3) is 0 Å². The van der Waals surface area contributed by atoms with E-state index in [2.05, 4.69) is 103 Å². The van der Waals surface area contributed by atoms with Crippen molar-refractivity contribution < 1.29 is 0 Å². The molecule has 34 heavy (non-hydrogen) atoms. The molecule has 0 radical (unpaired) electrons. The molecule has 0 N–H and O–H groups in total. The lowest BCUT2D eigenvalue weighted by atomic mass is 10.1. The third kappa shape index (κ3) is 2.72. The van der Waals surface area contributed by atoms with Crippen molar-refractivity contribution >= 4 is 60.6 Å². The van der Waals surface area contributed by atoms with Crippen molar-refractivity contribution in [1.82, 2.24) is 23.3 Å². The van der Waals surface area contributed by atoms with Crippen LogP contribution in [0.2, 0.25) is 0 Å². The van der Waals surface area contributed by atoms with Gasteiger partial charge in [0.2, 0.25) is 11.6 Å². The lowest BCUT2D eigenvalue weighted by Gasteiger charge is -2.07. The number of nitrogens with zero attached hydrogens (tertiary/aromatic N) is 5. The van der Waals surface area contributed by atoms with Gasteiger partial charge in [0.1, 0.15) is 0 Å². The van der Waals surface area contributed by atoms with Crippen LogP contribution in [0.5, 0.6) is 0 Å². The number of aryl methyl sites for hydroxylation is 1. The zero-order chi connectivity index (χ0) is 22.8. The number of halogens is 1. The maximum absolute atomic E-state index is 5.14. The van der Waals surface area contributed by atoms with E-state index < -0.39 is 0 Å². The molecule has 5 nitrogen and oxygen atoms in total. The van der Waals surface area contributed by atoms with E-state index in [1.807, 2.05) is 24.3 Å². The van der Waals surface area contributed by atoms with Crippen molar-refractivity contribution in [2.75, 3.05) is 0 Å². The van der Waals surface area contributed by atoms with Gasteiger partial charge in [-0.1, -0.05) is 59.3 Å². The standard InChI is InChI=1S/C28H20BrN5/c1-2-18-14-15-25-26(16-18)34-24-13-6-4-11-22(24)31-28(34)32(20-9-7-8-19(29)17-20)27-30-21-10-3-5-12-23(21)33(25)27/h3-17H,2H2,1H3. The first kappa shape index (κ1) is 19.6. The first-order valence-corrected chi connectivity index (χ1v) is 12.2. The molecule has 164 valence electrons. The van der Waals surface area contributed by atoms with Gasteiger partial charge in [-0.3, -0.25) is 8.80 Å². The van der Waals surface area contributed by atoms with E-state index in [0.29, 0.717) is 0 Å². The maximum atomic E-state index is 5.14. The molecule has 0 bridgehead atoms. The molecule has 0 aliphatic carbocycles. The summed E-state index contributed by atoms with van der Waals surface area (Å²) < 4.78 is 7.70.